The smallest absolute Gasteiger partial charge is 0.250 e. The third kappa shape index (κ3) is 4.03. The van der Waals surface area contributed by atoms with Gasteiger partial charge in [0.2, 0.25) is 0 Å². The number of anilines is 1. The highest BCUT2D eigenvalue weighted by atomic mass is 79.9. The van der Waals surface area contributed by atoms with Gasteiger partial charge in [0.1, 0.15) is 0 Å². The molecule has 0 atom stereocenters. The molecule has 106 valence electrons. The minimum absolute atomic E-state index is 0.139. The first-order valence-electron chi connectivity index (χ1n) is 6.20. The number of allylic oxidation sites excluding steroid dienone is 1. The van der Waals surface area contributed by atoms with Gasteiger partial charge in [-0.3, -0.25) is 9.59 Å². The average molecular weight is 345 g/mol. The summed E-state index contributed by atoms with van der Waals surface area (Å²) in [6.07, 6.45) is 2.89. The standard InChI is InChI=1S/C16H13BrN2O2/c17-12-5-3-4-11(10-12)15(20)8-9-19-14-7-2-1-6-13(14)16(18)21/h1-10,19H,(H2,18,21)/b9-8+. The summed E-state index contributed by atoms with van der Waals surface area (Å²) in [4.78, 5) is 23.2. The molecule has 0 saturated carbocycles. The van der Waals surface area contributed by atoms with Crippen LogP contribution < -0.4 is 11.1 Å². The van der Waals surface area contributed by atoms with Crippen LogP contribution in [0.5, 0.6) is 0 Å². The van der Waals surface area contributed by atoms with Gasteiger partial charge in [-0.15, -0.1) is 0 Å². The zero-order chi connectivity index (χ0) is 15.2. The van der Waals surface area contributed by atoms with Crippen molar-refractivity contribution in [3.63, 3.8) is 0 Å². The number of amides is 1. The Morgan fingerprint density at radius 3 is 2.57 bits per heavy atom. The van der Waals surface area contributed by atoms with Crippen molar-refractivity contribution in [1.82, 2.24) is 0 Å². The van der Waals surface area contributed by atoms with E-state index >= 15 is 0 Å². The number of halogens is 1. The highest BCUT2D eigenvalue weighted by Gasteiger charge is 2.05. The van der Waals surface area contributed by atoms with Crippen LogP contribution in [0.4, 0.5) is 5.69 Å². The number of rotatable bonds is 5. The summed E-state index contributed by atoms with van der Waals surface area (Å²) in [5.74, 6) is -0.662. The Bertz CT molecular complexity index is 711. The molecule has 0 radical (unpaired) electrons. The predicted molar refractivity (Wildman–Crippen MR) is 86.2 cm³/mol. The molecule has 21 heavy (non-hydrogen) atoms. The van der Waals surface area contributed by atoms with Crippen LogP contribution in [0.3, 0.4) is 0 Å². The van der Waals surface area contributed by atoms with E-state index in [1.807, 2.05) is 6.07 Å². The Morgan fingerprint density at radius 2 is 1.86 bits per heavy atom. The highest BCUT2D eigenvalue weighted by Crippen LogP contribution is 2.15. The van der Waals surface area contributed by atoms with E-state index in [1.165, 1.54) is 12.3 Å². The Morgan fingerprint density at radius 1 is 1.10 bits per heavy atom. The van der Waals surface area contributed by atoms with Crippen LogP contribution in [0.1, 0.15) is 20.7 Å². The lowest BCUT2D eigenvalue weighted by molar-refractivity contribution is 0.0999. The maximum atomic E-state index is 12.0. The molecule has 0 aromatic heterocycles. The summed E-state index contributed by atoms with van der Waals surface area (Å²) >= 11 is 3.32. The molecule has 0 fully saturated rings. The Labute approximate surface area is 130 Å². The number of hydrogen-bond acceptors (Lipinski definition) is 3. The Hall–Kier alpha value is -2.40. The maximum absolute atomic E-state index is 12.0. The van der Waals surface area contributed by atoms with E-state index in [1.54, 1.807) is 42.5 Å². The lowest BCUT2D eigenvalue weighted by Crippen LogP contribution is -2.13. The van der Waals surface area contributed by atoms with Gasteiger partial charge in [-0.2, -0.15) is 0 Å². The summed E-state index contributed by atoms with van der Waals surface area (Å²) in [7, 11) is 0. The zero-order valence-corrected chi connectivity index (χ0v) is 12.6. The number of nitrogens with one attached hydrogen (secondary N) is 1. The molecule has 3 N–H and O–H groups in total. The van der Waals surface area contributed by atoms with Crippen molar-refractivity contribution in [2.45, 2.75) is 0 Å². The molecule has 0 unspecified atom stereocenters. The van der Waals surface area contributed by atoms with Gasteiger partial charge < -0.3 is 11.1 Å². The number of benzene rings is 2. The summed E-state index contributed by atoms with van der Waals surface area (Å²) < 4.78 is 0.841. The molecule has 0 bridgehead atoms. The van der Waals surface area contributed by atoms with E-state index in [2.05, 4.69) is 21.2 Å². The number of carbonyl (C=O) groups is 2. The van der Waals surface area contributed by atoms with Gasteiger partial charge >= 0.3 is 0 Å². The monoisotopic (exact) mass is 344 g/mol. The quantitative estimate of drug-likeness (QED) is 0.645. The first kappa shape index (κ1) is 15.0. The van der Waals surface area contributed by atoms with Gasteiger partial charge in [-0.05, 0) is 24.3 Å². The number of nitrogens with two attached hydrogens (primary N) is 1. The molecule has 0 aliphatic rings. The van der Waals surface area contributed by atoms with Gasteiger partial charge in [-0.1, -0.05) is 40.2 Å². The minimum Gasteiger partial charge on any atom is -0.366 e. The molecule has 0 heterocycles. The van der Waals surface area contributed by atoms with Gasteiger partial charge in [0.25, 0.3) is 5.91 Å². The van der Waals surface area contributed by atoms with E-state index in [0.29, 0.717) is 16.8 Å². The lowest BCUT2D eigenvalue weighted by atomic mass is 10.1. The molecule has 0 spiro atoms. The second-order valence-corrected chi connectivity index (χ2v) is 5.18. The largest absolute Gasteiger partial charge is 0.366 e. The van der Waals surface area contributed by atoms with Crippen molar-refractivity contribution >= 4 is 33.3 Å². The van der Waals surface area contributed by atoms with E-state index in [-0.39, 0.29) is 5.78 Å². The third-order valence-electron chi connectivity index (χ3n) is 2.78. The van der Waals surface area contributed by atoms with Gasteiger partial charge in [-0.25, -0.2) is 0 Å². The number of primary amides is 1. The number of para-hydroxylation sites is 1. The first-order chi connectivity index (χ1) is 10.1. The van der Waals surface area contributed by atoms with Crippen molar-refractivity contribution < 1.29 is 9.59 Å². The van der Waals surface area contributed by atoms with E-state index in [9.17, 15) is 9.59 Å². The molecule has 2 rings (SSSR count). The second kappa shape index (κ2) is 6.85. The van der Waals surface area contributed by atoms with Crippen LogP contribution in [0, 0.1) is 0 Å². The van der Waals surface area contributed by atoms with Crippen molar-refractivity contribution in [2.75, 3.05) is 5.32 Å². The highest BCUT2D eigenvalue weighted by molar-refractivity contribution is 9.10. The van der Waals surface area contributed by atoms with Crippen molar-refractivity contribution in [2.24, 2.45) is 5.73 Å². The van der Waals surface area contributed by atoms with Crippen molar-refractivity contribution in [3.8, 4) is 0 Å². The number of carbonyl (C=O) groups excluding carboxylic acids is 2. The maximum Gasteiger partial charge on any atom is 0.250 e. The fourth-order valence-electron chi connectivity index (χ4n) is 1.77. The van der Waals surface area contributed by atoms with Crippen LogP contribution in [-0.2, 0) is 0 Å². The molecule has 0 saturated heterocycles. The normalized spacial score (nSPS) is 10.5. The van der Waals surface area contributed by atoms with E-state index in [4.69, 9.17) is 5.73 Å². The summed E-state index contributed by atoms with van der Waals surface area (Å²) in [5.41, 5.74) is 6.78. The third-order valence-corrected chi connectivity index (χ3v) is 3.27. The summed E-state index contributed by atoms with van der Waals surface area (Å²) in [6.45, 7) is 0. The molecule has 1 amide bonds. The average Bonchev–Trinajstić information content (AvgIpc) is 2.47. The molecule has 0 aliphatic carbocycles. The minimum atomic E-state index is -0.523. The zero-order valence-electron chi connectivity index (χ0n) is 11.0. The molecule has 5 heteroatoms. The van der Waals surface area contributed by atoms with Crippen molar-refractivity contribution in [1.29, 1.82) is 0 Å². The number of hydrogen-bond donors (Lipinski definition) is 2. The molecule has 4 nitrogen and oxygen atoms in total. The SMILES string of the molecule is NC(=O)c1ccccc1N/C=C/C(=O)c1cccc(Br)c1. The van der Waals surface area contributed by atoms with Crippen LogP contribution in [-0.4, -0.2) is 11.7 Å². The van der Waals surface area contributed by atoms with E-state index < -0.39 is 5.91 Å². The van der Waals surface area contributed by atoms with Crippen LogP contribution in [0.2, 0.25) is 0 Å². The van der Waals surface area contributed by atoms with Gasteiger partial charge in [0, 0.05) is 22.3 Å². The van der Waals surface area contributed by atoms with Crippen molar-refractivity contribution in [3.05, 3.63) is 76.4 Å². The fraction of sp³-hybridized carbons (Fsp3) is 0. The van der Waals surface area contributed by atoms with Gasteiger partial charge in [0.15, 0.2) is 5.78 Å². The van der Waals surface area contributed by atoms with Crippen LogP contribution in [0.15, 0.2) is 65.3 Å². The number of ketones is 1. The molecule has 2 aromatic carbocycles. The topological polar surface area (TPSA) is 72.2 Å². The molecular formula is C16H13BrN2O2. The van der Waals surface area contributed by atoms with E-state index in [0.717, 1.165) is 4.47 Å². The second-order valence-electron chi connectivity index (χ2n) is 4.26. The summed E-state index contributed by atoms with van der Waals surface area (Å²) in [5, 5.41) is 2.90. The first-order valence-corrected chi connectivity index (χ1v) is 6.99. The fourth-order valence-corrected chi connectivity index (χ4v) is 2.17. The molecular weight excluding hydrogens is 332 g/mol. The van der Waals surface area contributed by atoms with Gasteiger partial charge in [0.05, 0.1) is 11.3 Å². The van der Waals surface area contributed by atoms with Crippen LogP contribution >= 0.6 is 15.9 Å². The Balaban J connectivity index is 2.09. The molecule has 2 aromatic rings. The van der Waals surface area contributed by atoms with Crippen LogP contribution in [0.25, 0.3) is 0 Å². The predicted octanol–water partition coefficient (Wildman–Crippen LogP) is 3.36. The Kier molecular flexibility index (Phi) is 4.90. The molecule has 0 aliphatic heterocycles. The lowest BCUT2D eigenvalue weighted by Gasteiger charge is -2.05. The summed E-state index contributed by atoms with van der Waals surface area (Å²) in [6, 6.07) is 13.9.